The molecule has 0 bridgehead atoms. The third kappa shape index (κ3) is 4.82. The first-order valence-corrected chi connectivity index (χ1v) is 13.0. The van der Waals surface area contributed by atoms with Gasteiger partial charge in [0.1, 0.15) is 5.54 Å². The van der Waals surface area contributed by atoms with E-state index >= 15 is 0 Å². The number of sulfonamides is 1. The molecule has 0 radical (unpaired) electrons. The van der Waals surface area contributed by atoms with Crippen LogP contribution >= 0.6 is 0 Å². The lowest BCUT2D eigenvalue weighted by Gasteiger charge is -2.51. The van der Waals surface area contributed by atoms with Gasteiger partial charge >= 0.3 is 0 Å². The van der Waals surface area contributed by atoms with Crippen molar-refractivity contribution in [2.24, 2.45) is 0 Å². The highest BCUT2D eigenvalue weighted by molar-refractivity contribution is 7.89. The van der Waals surface area contributed by atoms with Crippen LogP contribution in [-0.4, -0.2) is 54.1 Å². The number of rotatable bonds is 6. The SMILES string of the molecule is CC1(C(=O)NCc2ccccc2)CN(S(=O)(=O)c2ccccc2)CC(=O)N1C1CCCCC1. The molecule has 7 nitrogen and oxygen atoms in total. The first-order chi connectivity index (χ1) is 15.8. The molecule has 8 heteroatoms. The molecule has 1 saturated carbocycles. The van der Waals surface area contributed by atoms with Gasteiger partial charge in [0.05, 0.1) is 11.4 Å². The van der Waals surface area contributed by atoms with Crippen LogP contribution in [-0.2, 0) is 26.2 Å². The normalized spacial score (nSPS) is 22.8. The molecule has 2 aliphatic rings. The zero-order valence-electron chi connectivity index (χ0n) is 18.9. The van der Waals surface area contributed by atoms with Gasteiger partial charge in [-0.1, -0.05) is 67.8 Å². The summed E-state index contributed by atoms with van der Waals surface area (Å²) in [6.07, 6.45) is 4.78. The van der Waals surface area contributed by atoms with Gasteiger partial charge in [0.2, 0.25) is 21.8 Å². The van der Waals surface area contributed by atoms with Crippen LogP contribution in [0.5, 0.6) is 0 Å². The van der Waals surface area contributed by atoms with Crippen LogP contribution < -0.4 is 5.32 Å². The molecular formula is C25H31N3O4S. The first-order valence-electron chi connectivity index (χ1n) is 11.5. The van der Waals surface area contributed by atoms with Crippen molar-refractivity contribution in [3.63, 3.8) is 0 Å². The molecule has 2 amide bonds. The predicted octanol–water partition coefficient (Wildman–Crippen LogP) is 2.93. The summed E-state index contributed by atoms with van der Waals surface area (Å²) in [5.41, 5.74) is -0.358. The average molecular weight is 470 g/mol. The second kappa shape index (κ2) is 9.65. The maximum Gasteiger partial charge on any atom is 0.247 e. The van der Waals surface area contributed by atoms with Gasteiger partial charge in [-0.2, -0.15) is 4.31 Å². The maximum absolute atomic E-state index is 13.6. The van der Waals surface area contributed by atoms with Gasteiger partial charge in [-0.15, -0.1) is 0 Å². The summed E-state index contributed by atoms with van der Waals surface area (Å²) in [7, 11) is -3.91. The van der Waals surface area contributed by atoms with Crippen LogP contribution in [0.25, 0.3) is 0 Å². The highest BCUT2D eigenvalue weighted by Crippen LogP contribution is 2.34. The molecular weight excluding hydrogens is 438 g/mol. The smallest absolute Gasteiger partial charge is 0.247 e. The summed E-state index contributed by atoms with van der Waals surface area (Å²) in [5, 5.41) is 2.96. The van der Waals surface area contributed by atoms with Gasteiger partial charge < -0.3 is 10.2 Å². The topological polar surface area (TPSA) is 86.8 Å². The molecule has 2 fully saturated rings. The van der Waals surface area contributed by atoms with Gasteiger partial charge in [0, 0.05) is 19.1 Å². The Bertz CT molecular complexity index is 1090. The fraction of sp³-hybridized carbons (Fsp3) is 0.440. The lowest BCUT2D eigenvalue weighted by Crippen LogP contribution is -2.71. The molecule has 2 aromatic rings. The third-order valence-electron chi connectivity index (χ3n) is 6.70. The Morgan fingerprint density at radius 1 is 1.00 bits per heavy atom. The first kappa shape index (κ1) is 23.4. The maximum atomic E-state index is 13.6. The second-order valence-electron chi connectivity index (χ2n) is 9.08. The lowest BCUT2D eigenvalue weighted by atomic mass is 9.87. The largest absolute Gasteiger partial charge is 0.350 e. The fourth-order valence-corrected chi connectivity index (χ4v) is 6.49. The number of nitrogens with zero attached hydrogens (tertiary/aromatic N) is 2. The summed E-state index contributed by atoms with van der Waals surface area (Å²) < 4.78 is 27.8. The molecule has 1 unspecified atom stereocenters. The van der Waals surface area contributed by atoms with Crippen molar-refractivity contribution in [3.8, 4) is 0 Å². The third-order valence-corrected chi connectivity index (χ3v) is 8.51. The lowest BCUT2D eigenvalue weighted by molar-refractivity contribution is -0.157. The minimum absolute atomic E-state index is 0.0553. The summed E-state index contributed by atoms with van der Waals surface area (Å²) in [5.74, 6) is -0.650. The summed E-state index contributed by atoms with van der Waals surface area (Å²) in [6.45, 7) is 1.68. The molecule has 1 aliphatic heterocycles. The molecule has 1 saturated heterocycles. The van der Waals surface area contributed by atoms with Gasteiger partial charge in [-0.3, -0.25) is 9.59 Å². The van der Waals surface area contributed by atoms with E-state index in [0.717, 1.165) is 42.0 Å². The minimum atomic E-state index is -3.91. The van der Waals surface area contributed by atoms with E-state index in [1.807, 2.05) is 30.3 Å². The van der Waals surface area contributed by atoms with E-state index in [9.17, 15) is 18.0 Å². The molecule has 1 heterocycles. The number of amides is 2. The Labute approximate surface area is 195 Å². The van der Waals surface area contributed by atoms with E-state index in [-0.39, 0.29) is 35.8 Å². The monoisotopic (exact) mass is 469 g/mol. The average Bonchev–Trinajstić information content (AvgIpc) is 2.84. The molecule has 2 aromatic carbocycles. The number of carbonyl (C=O) groups is 2. The molecule has 0 spiro atoms. The molecule has 1 N–H and O–H groups in total. The minimum Gasteiger partial charge on any atom is -0.350 e. The van der Waals surface area contributed by atoms with E-state index in [4.69, 9.17) is 0 Å². The van der Waals surface area contributed by atoms with Crippen LogP contribution in [0, 0.1) is 0 Å². The van der Waals surface area contributed by atoms with E-state index in [1.165, 1.54) is 12.1 Å². The summed E-state index contributed by atoms with van der Waals surface area (Å²) in [4.78, 5) is 28.8. The van der Waals surface area contributed by atoms with Crippen LogP contribution in [0.4, 0.5) is 0 Å². The van der Waals surface area contributed by atoms with Crippen molar-refractivity contribution < 1.29 is 18.0 Å². The van der Waals surface area contributed by atoms with Gasteiger partial charge in [0.25, 0.3) is 0 Å². The number of nitrogens with one attached hydrogen (secondary N) is 1. The second-order valence-corrected chi connectivity index (χ2v) is 11.0. The predicted molar refractivity (Wildman–Crippen MR) is 126 cm³/mol. The Hall–Kier alpha value is -2.71. The van der Waals surface area contributed by atoms with E-state index in [1.54, 1.807) is 30.0 Å². The van der Waals surface area contributed by atoms with Crippen LogP contribution in [0.15, 0.2) is 65.6 Å². The Balaban J connectivity index is 1.64. The van der Waals surface area contributed by atoms with Crippen molar-refractivity contribution in [2.45, 2.75) is 62.0 Å². The zero-order valence-corrected chi connectivity index (χ0v) is 19.8. The summed E-state index contributed by atoms with van der Waals surface area (Å²) >= 11 is 0. The molecule has 176 valence electrons. The quantitative estimate of drug-likeness (QED) is 0.705. The van der Waals surface area contributed by atoms with Gasteiger partial charge in [-0.05, 0) is 37.5 Å². The van der Waals surface area contributed by atoms with Crippen LogP contribution in [0.2, 0.25) is 0 Å². The van der Waals surface area contributed by atoms with Crippen molar-refractivity contribution in [2.75, 3.05) is 13.1 Å². The number of benzene rings is 2. The van der Waals surface area contributed by atoms with E-state index < -0.39 is 15.6 Å². The van der Waals surface area contributed by atoms with E-state index in [0.29, 0.717) is 6.54 Å². The van der Waals surface area contributed by atoms with E-state index in [2.05, 4.69) is 5.32 Å². The number of piperazine rings is 1. The highest BCUT2D eigenvalue weighted by atomic mass is 32.2. The van der Waals surface area contributed by atoms with Gasteiger partial charge in [0.15, 0.2) is 0 Å². The Kier molecular flexibility index (Phi) is 6.86. The molecule has 1 aliphatic carbocycles. The molecule has 4 rings (SSSR count). The number of hydrogen-bond acceptors (Lipinski definition) is 4. The Morgan fingerprint density at radius 3 is 2.24 bits per heavy atom. The molecule has 0 aromatic heterocycles. The van der Waals surface area contributed by atoms with Crippen molar-refractivity contribution in [1.82, 2.24) is 14.5 Å². The van der Waals surface area contributed by atoms with Gasteiger partial charge in [-0.25, -0.2) is 8.42 Å². The molecule has 33 heavy (non-hydrogen) atoms. The fourth-order valence-electron chi connectivity index (χ4n) is 4.98. The zero-order chi connectivity index (χ0) is 23.5. The number of hydrogen-bond donors (Lipinski definition) is 1. The van der Waals surface area contributed by atoms with Crippen molar-refractivity contribution in [3.05, 3.63) is 66.2 Å². The van der Waals surface area contributed by atoms with Crippen molar-refractivity contribution >= 4 is 21.8 Å². The Morgan fingerprint density at radius 2 is 1.61 bits per heavy atom. The molecule has 1 atom stereocenters. The van der Waals surface area contributed by atoms with Crippen molar-refractivity contribution in [1.29, 1.82) is 0 Å². The highest BCUT2D eigenvalue weighted by Gasteiger charge is 2.52. The van der Waals surface area contributed by atoms with Crippen LogP contribution in [0.3, 0.4) is 0 Å². The van der Waals surface area contributed by atoms with Crippen LogP contribution in [0.1, 0.15) is 44.6 Å². The number of carbonyl (C=O) groups excluding carboxylic acids is 2. The summed E-state index contributed by atoms with van der Waals surface area (Å²) in [6, 6.07) is 17.6. The standard InChI is InChI=1S/C25H31N3O4S/c1-25(24(30)26-17-20-11-5-2-6-12-20)19-27(33(31,32)22-15-9-4-10-16-22)18-23(29)28(25)21-13-7-3-8-14-21/h2,4-6,9-12,15-16,21H,3,7-8,13-14,17-19H2,1H3,(H,26,30).